The molecule has 0 spiro atoms. The zero-order valence-electron chi connectivity index (χ0n) is 16.8. The first-order chi connectivity index (χ1) is 14.6. The van der Waals surface area contributed by atoms with E-state index in [-0.39, 0.29) is 11.8 Å². The first-order valence-electron chi connectivity index (χ1n) is 9.34. The highest BCUT2D eigenvalue weighted by molar-refractivity contribution is 7.07. The molecule has 1 aromatic heterocycles. The summed E-state index contributed by atoms with van der Waals surface area (Å²) in [5.41, 5.74) is 1.97. The molecule has 1 N–H and O–H groups in total. The van der Waals surface area contributed by atoms with Crippen LogP contribution in [0.5, 0.6) is 5.75 Å². The Balaban J connectivity index is 1.77. The third kappa shape index (κ3) is 5.65. The van der Waals surface area contributed by atoms with Gasteiger partial charge < -0.3 is 19.4 Å². The predicted molar refractivity (Wildman–Crippen MR) is 115 cm³/mol. The highest BCUT2D eigenvalue weighted by Crippen LogP contribution is 2.13. The molecular weight excluding hydrogens is 402 g/mol. The van der Waals surface area contributed by atoms with Gasteiger partial charge in [0.15, 0.2) is 4.80 Å². The molecule has 0 aliphatic heterocycles. The van der Waals surface area contributed by atoms with Crippen LogP contribution in [-0.2, 0) is 11.3 Å². The van der Waals surface area contributed by atoms with E-state index in [2.05, 4.69) is 10.3 Å². The Labute approximate surface area is 178 Å². The lowest BCUT2D eigenvalue weighted by atomic mass is 10.1. The minimum Gasteiger partial charge on any atom is -0.497 e. The van der Waals surface area contributed by atoms with Crippen LogP contribution in [0.1, 0.15) is 26.3 Å². The monoisotopic (exact) mass is 425 g/mol. The normalized spacial score (nSPS) is 11.3. The van der Waals surface area contributed by atoms with Gasteiger partial charge in [-0.3, -0.25) is 9.59 Å². The summed E-state index contributed by atoms with van der Waals surface area (Å²) in [6.07, 6.45) is 1.87. The van der Waals surface area contributed by atoms with E-state index < -0.39 is 0 Å². The van der Waals surface area contributed by atoms with Crippen molar-refractivity contribution in [2.24, 2.45) is 4.99 Å². The average Bonchev–Trinajstić information content (AvgIpc) is 3.20. The number of ether oxygens (including phenoxy) is 2. The van der Waals surface area contributed by atoms with Crippen LogP contribution in [0.15, 0.2) is 65.1 Å². The topological polar surface area (TPSA) is 81.9 Å². The standard InChI is InChI=1S/C22H23N3O4S/c1-28-11-9-23-20(26)17-6-3-5-16(13-17)15-25-10-12-30-22(25)24-21(27)18-7-4-8-19(14-18)29-2/h3-8,10,12-14H,9,11,15H2,1-2H3,(H,23,26). The maximum atomic E-state index is 12.6. The summed E-state index contributed by atoms with van der Waals surface area (Å²) >= 11 is 1.38. The van der Waals surface area contributed by atoms with Crippen LogP contribution >= 0.6 is 11.3 Å². The number of carbonyl (C=O) groups is 2. The van der Waals surface area contributed by atoms with E-state index >= 15 is 0 Å². The number of amides is 2. The van der Waals surface area contributed by atoms with E-state index in [1.165, 1.54) is 11.3 Å². The molecule has 3 aromatic rings. The molecule has 156 valence electrons. The molecule has 7 nitrogen and oxygen atoms in total. The number of aromatic nitrogens is 1. The number of thiazole rings is 1. The van der Waals surface area contributed by atoms with Gasteiger partial charge in [0.1, 0.15) is 5.75 Å². The second kappa shape index (κ2) is 10.5. The molecule has 0 saturated carbocycles. The fraction of sp³-hybridized carbons (Fsp3) is 0.227. The van der Waals surface area contributed by atoms with Crippen LogP contribution in [0.4, 0.5) is 0 Å². The molecular formula is C22H23N3O4S. The summed E-state index contributed by atoms with van der Waals surface area (Å²) in [5, 5.41) is 4.68. The number of nitrogens with one attached hydrogen (secondary N) is 1. The minimum absolute atomic E-state index is 0.151. The fourth-order valence-electron chi connectivity index (χ4n) is 2.79. The molecule has 8 heteroatoms. The van der Waals surface area contributed by atoms with Gasteiger partial charge in [-0.1, -0.05) is 18.2 Å². The zero-order valence-corrected chi connectivity index (χ0v) is 17.6. The van der Waals surface area contributed by atoms with Gasteiger partial charge in [-0.05, 0) is 35.9 Å². The van der Waals surface area contributed by atoms with E-state index in [1.807, 2.05) is 34.3 Å². The van der Waals surface area contributed by atoms with Crippen LogP contribution < -0.4 is 14.9 Å². The van der Waals surface area contributed by atoms with Gasteiger partial charge in [-0.25, -0.2) is 0 Å². The van der Waals surface area contributed by atoms with E-state index in [4.69, 9.17) is 9.47 Å². The lowest BCUT2D eigenvalue weighted by Gasteiger charge is -2.08. The van der Waals surface area contributed by atoms with Crippen molar-refractivity contribution < 1.29 is 19.1 Å². The lowest BCUT2D eigenvalue weighted by Crippen LogP contribution is -2.27. The zero-order chi connectivity index (χ0) is 21.3. The number of nitrogens with zero attached hydrogens (tertiary/aromatic N) is 2. The van der Waals surface area contributed by atoms with Crippen molar-refractivity contribution in [2.75, 3.05) is 27.4 Å². The van der Waals surface area contributed by atoms with Crippen molar-refractivity contribution in [3.63, 3.8) is 0 Å². The summed E-state index contributed by atoms with van der Waals surface area (Å²) in [4.78, 5) is 29.7. The van der Waals surface area contributed by atoms with E-state index in [9.17, 15) is 9.59 Å². The van der Waals surface area contributed by atoms with Crippen LogP contribution in [-0.4, -0.2) is 43.8 Å². The third-order valence-corrected chi connectivity index (χ3v) is 5.10. The van der Waals surface area contributed by atoms with Crippen molar-refractivity contribution in [2.45, 2.75) is 6.54 Å². The maximum absolute atomic E-state index is 12.6. The summed E-state index contributed by atoms with van der Waals surface area (Å²) in [6, 6.07) is 14.3. The first-order valence-corrected chi connectivity index (χ1v) is 10.2. The van der Waals surface area contributed by atoms with E-state index in [0.29, 0.717) is 41.4 Å². The molecule has 0 unspecified atom stereocenters. The summed E-state index contributed by atoms with van der Waals surface area (Å²) in [5.74, 6) is 0.120. The second-order valence-electron chi connectivity index (χ2n) is 6.41. The Morgan fingerprint density at radius 1 is 1.10 bits per heavy atom. The Morgan fingerprint density at radius 3 is 2.70 bits per heavy atom. The third-order valence-electron chi connectivity index (χ3n) is 4.31. The van der Waals surface area contributed by atoms with Gasteiger partial charge >= 0.3 is 0 Å². The highest BCUT2D eigenvalue weighted by atomic mass is 32.1. The Kier molecular flexibility index (Phi) is 7.53. The van der Waals surface area contributed by atoms with Gasteiger partial charge in [0.2, 0.25) is 0 Å². The lowest BCUT2D eigenvalue weighted by molar-refractivity contribution is 0.0936. The van der Waals surface area contributed by atoms with E-state index in [1.54, 1.807) is 44.6 Å². The molecule has 1 heterocycles. The van der Waals surface area contributed by atoms with Crippen molar-refractivity contribution in [3.05, 3.63) is 81.6 Å². The quantitative estimate of drug-likeness (QED) is 0.563. The van der Waals surface area contributed by atoms with Crippen molar-refractivity contribution in [3.8, 4) is 5.75 Å². The molecule has 0 saturated heterocycles. The van der Waals surface area contributed by atoms with Gasteiger partial charge in [0.25, 0.3) is 11.8 Å². The van der Waals surface area contributed by atoms with Crippen molar-refractivity contribution in [1.82, 2.24) is 9.88 Å². The van der Waals surface area contributed by atoms with Gasteiger partial charge in [-0.2, -0.15) is 4.99 Å². The van der Waals surface area contributed by atoms with Crippen molar-refractivity contribution in [1.29, 1.82) is 0 Å². The number of methoxy groups -OCH3 is 2. The molecule has 0 atom stereocenters. The fourth-order valence-corrected chi connectivity index (χ4v) is 3.52. The van der Waals surface area contributed by atoms with Crippen LogP contribution in [0.3, 0.4) is 0 Å². The van der Waals surface area contributed by atoms with Crippen LogP contribution in [0.2, 0.25) is 0 Å². The molecule has 30 heavy (non-hydrogen) atoms. The maximum Gasteiger partial charge on any atom is 0.279 e. The Hall–Kier alpha value is -3.23. The molecule has 0 bridgehead atoms. The van der Waals surface area contributed by atoms with Gasteiger partial charge in [0.05, 0.1) is 13.7 Å². The molecule has 0 aliphatic carbocycles. The number of rotatable bonds is 8. The smallest absolute Gasteiger partial charge is 0.279 e. The molecule has 2 aromatic carbocycles. The molecule has 3 rings (SSSR count). The Morgan fingerprint density at radius 2 is 1.90 bits per heavy atom. The van der Waals surface area contributed by atoms with Gasteiger partial charge in [-0.15, -0.1) is 11.3 Å². The van der Waals surface area contributed by atoms with Crippen LogP contribution in [0, 0.1) is 0 Å². The minimum atomic E-state index is -0.337. The average molecular weight is 426 g/mol. The van der Waals surface area contributed by atoms with Gasteiger partial charge in [0, 0.05) is 42.9 Å². The number of hydrogen-bond acceptors (Lipinski definition) is 5. The summed E-state index contributed by atoms with van der Waals surface area (Å²) in [6.45, 7) is 1.41. The number of carbonyl (C=O) groups excluding carboxylic acids is 2. The first kappa shape index (κ1) is 21.5. The Bertz CT molecular complexity index is 1090. The second-order valence-corrected chi connectivity index (χ2v) is 7.28. The molecule has 0 fully saturated rings. The molecule has 0 aliphatic rings. The summed E-state index contributed by atoms with van der Waals surface area (Å²) in [7, 11) is 3.15. The number of hydrogen-bond donors (Lipinski definition) is 1. The van der Waals surface area contributed by atoms with Crippen molar-refractivity contribution >= 4 is 23.2 Å². The highest BCUT2D eigenvalue weighted by Gasteiger charge is 2.08. The largest absolute Gasteiger partial charge is 0.497 e. The SMILES string of the molecule is COCCNC(=O)c1cccc(Cn2ccsc2=NC(=O)c2cccc(OC)c2)c1. The van der Waals surface area contributed by atoms with Crippen LogP contribution in [0.25, 0.3) is 0 Å². The summed E-state index contributed by atoms with van der Waals surface area (Å²) < 4.78 is 12.0. The molecule has 0 radical (unpaired) electrons. The predicted octanol–water partition coefficient (Wildman–Crippen LogP) is 2.72. The molecule has 2 amide bonds. The number of benzene rings is 2. The van der Waals surface area contributed by atoms with E-state index in [0.717, 1.165) is 5.56 Å².